The number of rotatable bonds is 7. The quantitative estimate of drug-likeness (QED) is 0.559. The van der Waals surface area contributed by atoms with E-state index >= 15 is 0 Å². The summed E-state index contributed by atoms with van der Waals surface area (Å²) < 4.78 is 10.9. The SMILES string of the molecule is CCOc1ccc(/C=C(\CC)[N+](=O)[O-])cc1OCC. The van der Waals surface area contributed by atoms with E-state index in [1.54, 1.807) is 31.2 Å². The molecule has 0 fully saturated rings. The summed E-state index contributed by atoms with van der Waals surface area (Å²) in [6.07, 6.45) is 1.93. The van der Waals surface area contributed by atoms with Gasteiger partial charge in [0.1, 0.15) is 0 Å². The summed E-state index contributed by atoms with van der Waals surface area (Å²) in [6, 6.07) is 5.31. The molecule has 0 saturated heterocycles. The van der Waals surface area contributed by atoms with E-state index in [1.807, 2.05) is 13.8 Å². The molecule has 0 aliphatic carbocycles. The Balaban J connectivity index is 3.10. The zero-order valence-corrected chi connectivity index (χ0v) is 11.5. The van der Waals surface area contributed by atoms with Crippen LogP contribution in [-0.4, -0.2) is 18.1 Å². The summed E-state index contributed by atoms with van der Waals surface area (Å²) >= 11 is 0. The van der Waals surface area contributed by atoms with Gasteiger partial charge in [-0.05, 0) is 31.5 Å². The molecule has 0 saturated carbocycles. The molecule has 0 bridgehead atoms. The van der Waals surface area contributed by atoms with Crippen LogP contribution in [0.2, 0.25) is 0 Å². The average molecular weight is 265 g/mol. The summed E-state index contributed by atoms with van der Waals surface area (Å²) in [5.74, 6) is 1.26. The van der Waals surface area contributed by atoms with Crippen LogP contribution in [0.4, 0.5) is 0 Å². The largest absolute Gasteiger partial charge is 0.490 e. The lowest BCUT2D eigenvalue weighted by Crippen LogP contribution is -1.99. The number of ether oxygens (including phenoxy) is 2. The van der Waals surface area contributed by atoms with Crippen molar-refractivity contribution < 1.29 is 14.4 Å². The zero-order valence-electron chi connectivity index (χ0n) is 11.5. The van der Waals surface area contributed by atoms with Gasteiger partial charge < -0.3 is 9.47 Å². The van der Waals surface area contributed by atoms with Crippen molar-refractivity contribution in [2.75, 3.05) is 13.2 Å². The summed E-state index contributed by atoms with van der Waals surface area (Å²) in [4.78, 5) is 10.4. The molecule has 0 spiro atoms. The van der Waals surface area contributed by atoms with Gasteiger partial charge in [0.15, 0.2) is 11.5 Å². The number of hydrogen-bond donors (Lipinski definition) is 0. The molecule has 0 N–H and O–H groups in total. The van der Waals surface area contributed by atoms with Crippen molar-refractivity contribution >= 4 is 6.08 Å². The second-order valence-electron chi connectivity index (χ2n) is 3.82. The highest BCUT2D eigenvalue weighted by molar-refractivity contribution is 5.57. The first-order valence-corrected chi connectivity index (χ1v) is 6.36. The monoisotopic (exact) mass is 265 g/mol. The van der Waals surface area contributed by atoms with E-state index in [-0.39, 0.29) is 10.6 Å². The Hall–Kier alpha value is -2.04. The topological polar surface area (TPSA) is 61.6 Å². The Labute approximate surface area is 113 Å². The second kappa shape index (κ2) is 7.41. The van der Waals surface area contributed by atoms with Gasteiger partial charge in [-0.15, -0.1) is 0 Å². The molecule has 5 nitrogen and oxygen atoms in total. The fourth-order valence-corrected chi connectivity index (χ4v) is 1.63. The van der Waals surface area contributed by atoms with Crippen LogP contribution in [0.25, 0.3) is 6.08 Å². The van der Waals surface area contributed by atoms with Gasteiger partial charge in [-0.3, -0.25) is 10.1 Å². The van der Waals surface area contributed by atoms with Gasteiger partial charge in [0.25, 0.3) is 0 Å². The highest BCUT2D eigenvalue weighted by Crippen LogP contribution is 2.29. The van der Waals surface area contributed by atoms with E-state index in [0.29, 0.717) is 31.1 Å². The molecule has 5 heteroatoms. The van der Waals surface area contributed by atoms with Crippen molar-refractivity contribution in [1.29, 1.82) is 0 Å². The molecule has 1 aromatic carbocycles. The number of nitrogens with zero attached hydrogens (tertiary/aromatic N) is 1. The van der Waals surface area contributed by atoms with Crippen molar-refractivity contribution in [3.8, 4) is 11.5 Å². The molecule has 0 aliphatic rings. The van der Waals surface area contributed by atoms with E-state index in [4.69, 9.17) is 9.47 Å². The van der Waals surface area contributed by atoms with Crippen molar-refractivity contribution in [3.05, 3.63) is 39.6 Å². The first-order valence-electron chi connectivity index (χ1n) is 6.36. The van der Waals surface area contributed by atoms with Crippen LogP contribution in [0.1, 0.15) is 32.8 Å². The van der Waals surface area contributed by atoms with E-state index in [1.165, 1.54) is 0 Å². The Morgan fingerprint density at radius 2 is 1.84 bits per heavy atom. The molecule has 1 rings (SSSR count). The van der Waals surface area contributed by atoms with Crippen molar-refractivity contribution in [2.24, 2.45) is 0 Å². The van der Waals surface area contributed by atoms with E-state index in [0.717, 1.165) is 5.56 Å². The van der Waals surface area contributed by atoms with Crippen molar-refractivity contribution in [1.82, 2.24) is 0 Å². The summed E-state index contributed by atoms with van der Waals surface area (Å²) in [5, 5.41) is 10.8. The first-order chi connectivity index (χ1) is 9.12. The van der Waals surface area contributed by atoms with Gasteiger partial charge in [0.2, 0.25) is 5.70 Å². The Morgan fingerprint density at radius 3 is 2.37 bits per heavy atom. The molecule has 0 atom stereocenters. The fourth-order valence-electron chi connectivity index (χ4n) is 1.63. The highest BCUT2D eigenvalue weighted by atomic mass is 16.6. The smallest absolute Gasteiger partial charge is 0.246 e. The van der Waals surface area contributed by atoms with Gasteiger partial charge in [-0.1, -0.05) is 13.0 Å². The van der Waals surface area contributed by atoms with Gasteiger partial charge >= 0.3 is 0 Å². The zero-order chi connectivity index (χ0) is 14.3. The van der Waals surface area contributed by atoms with Crippen LogP contribution >= 0.6 is 0 Å². The molecule has 0 unspecified atom stereocenters. The van der Waals surface area contributed by atoms with Crippen LogP contribution in [0.5, 0.6) is 11.5 Å². The molecular formula is C14H19NO4. The number of hydrogen-bond acceptors (Lipinski definition) is 4. The van der Waals surface area contributed by atoms with Crippen LogP contribution in [0, 0.1) is 10.1 Å². The van der Waals surface area contributed by atoms with Crippen LogP contribution < -0.4 is 9.47 Å². The van der Waals surface area contributed by atoms with Crippen molar-refractivity contribution in [3.63, 3.8) is 0 Å². The maximum atomic E-state index is 10.8. The first kappa shape index (κ1) is 15.0. The lowest BCUT2D eigenvalue weighted by Gasteiger charge is -2.11. The molecule has 0 amide bonds. The van der Waals surface area contributed by atoms with Crippen LogP contribution in [0.3, 0.4) is 0 Å². The molecule has 0 aliphatic heterocycles. The van der Waals surface area contributed by atoms with Crippen LogP contribution in [0.15, 0.2) is 23.9 Å². The summed E-state index contributed by atoms with van der Waals surface area (Å²) in [7, 11) is 0. The number of nitro groups is 1. The normalized spacial score (nSPS) is 11.2. The summed E-state index contributed by atoms with van der Waals surface area (Å²) in [6.45, 7) is 6.60. The fraction of sp³-hybridized carbons (Fsp3) is 0.429. The molecule has 0 heterocycles. The number of benzene rings is 1. The van der Waals surface area contributed by atoms with E-state index < -0.39 is 0 Å². The second-order valence-corrected chi connectivity index (χ2v) is 3.82. The standard InChI is InChI=1S/C14H19NO4/c1-4-12(15(16)17)9-11-7-8-13(18-5-2)14(10-11)19-6-3/h7-10H,4-6H2,1-3H3/b12-9+. The third-order valence-electron chi connectivity index (χ3n) is 2.50. The van der Waals surface area contributed by atoms with Gasteiger partial charge in [0, 0.05) is 12.5 Å². The van der Waals surface area contributed by atoms with Crippen molar-refractivity contribution in [2.45, 2.75) is 27.2 Å². The Bertz CT molecular complexity index is 469. The maximum Gasteiger partial charge on any atom is 0.246 e. The molecule has 104 valence electrons. The van der Waals surface area contributed by atoms with Gasteiger partial charge in [-0.2, -0.15) is 0 Å². The predicted molar refractivity (Wildman–Crippen MR) is 74.0 cm³/mol. The minimum Gasteiger partial charge on any atom is -0.490 e. The molecule has 0 aromatic heterocycles. The third-order valence-corrected chi connectivity index (χ3v) is 2.50. The molecule has 0 radical (unpaired) electrons. The van der Waals surface area contributed by atoms with Gasteiger partial charge in [0.05, 0.1) is 18.1 Å². The Morgan fingerprint density at radius 1 is 1.21 bits per heavy atom. The lowest BCUT2D eigenvalue weighted by molar-refractivity contribution is -0.425. The molecule has 19 heavy (non-hydrogen) atoms. The minimum atomic E-state index is -0.364. The highest BCUT2D eigenvalue weighted by Gasteiger charge is 2.10. The Kier molecular flexibility index (Phi) is 5.85. The molecule has 1 aromatic rings. The lowest BCUT2D eigenvalue weighted by atomic mass is 10.1. The minimum absolute atomic E-state index is 0.173. The maximum absolute atomic E-state index is 10.8. The third kappa shape index (κ3) is 4.28. The number of allylic oxidation sites excluding steroid dienone is 1. The van der Waals surface area contributed by atoms with Gasteiger partial charge in [-0.25, -0.2) is 0 Å². The predicted octanol–water partition coefficient (Wildman–Crippen LogP) is 3.51. The summed E-state index contributed by atoms with van der Waals surface area (Å²) in [5.41, 5.74) is 0.909. The average Bonchev–Trinajstić information content (AvgIpc) is 2.39. The van der Waals surface area contributed by atoms with Crippen LogP contribution in [-0.2, 0) is 0 Å². The van der Waals surface area contributed by atoms with E-state index in [9.17, 15) is 10.1 Å². The molecular weight excluding hydrogens is 246 g/mol. The van der Waals surface area contributed by atoms with E-state index in [2.05, 4.69) is 0 Å².